The van der Waals surface area contributed by atoms with E-state index in [1.807, 2.05) is 4.90 Å². The molecular weight excluding hydrogens is 472 g/mol. The first kappa shape index (κ1) is 24.0. The highest BCUT2D eigenvalue weighted by Gasteiger charge is 2.41. The van der Waals surface area contributed by atoms with E-state index < -0.39 is 17.9 Å². The van der Waals surface area contributed by atoms with Crippen LogP contribution in [0.25, 0.3) is 6.08 Å². The Morgan fingerprint density at radius 3 is 2.38 bits per heavy atom. The topological polar surface area (TPSA) is 87.1 Å². The van der Waals surface area contributed by atoms with Crippen molar-refractivity contribution in [1.29, 1.82) is 0 Å². The predicted octanol–water partition coefficient (Wildman–Crippen LogP) is 4.11. The first-order valence-electron chi connectivity index (χ1n) is 11.0. The average Bonchev–Trinajstić information content (AvgIpc) is 3.12. The molecule has 0 bridgehead atoms. The third-order valence-electron chi connectivity index (χ3n) is 5.68. The lowest BCUT2D eigenvalue weighted by molar-refractivity contribution is -0.145. The standard InChI is InChI=1S/C25H24N2O5S2/c28-21(26-13-5-2-6-14-26)16-32-19-11-9-17(10-12-19)15-20-23(29)27(25(33)34-20)22(24(30)31)18-7-3-1-4-8-18/h1,3-4,7-12,15,22H,2,5-6,13-14,16H2,(H,30,31)/b20-15+. The van der Waals surface area contributed by atoms with Gasteiger partial charge in [0.1, 0.15) is 10.1 Å². The van der Waals surface area contributed by atoms with Crippen molar-refractivity contribution in [2.24, 2.45) is 0 Å². The van der Waals surface area contributed by atoms with E-state index >= 15 is 0 Å². The van der Waals surface area contributed by atoms with Gasteiger partial charge in [-0.05, 0) is 48.6 Å². The van der Waals surface area contributed by atoms with Crippen molar-refractivity contribution in [2.75, 3.05) is 19.7 Å². The minimum absolute atomic E-state index is 0.00589. The largest absolute Gasteiger partial charge is 0.484 e. The van der Waals surface area contributed by atoms with E-state index in [1.54, 1.807) is 60.7 Å². The summed E-state index contributed by atoms with van der Waals surface area (Å²) in [4.78, 5) is 40.6. The number of carbonyl (C=O) groups excluding carboxylic acids is 2. The maximum absolute atomic E-state index is 13.1. The van der Waals surface area contributed by atoms with Gasteiger partial charge in [-0.3, -0.25) is 14.5 Å². The monoisotopic (exact) mass is 496 g/mol. The van der Waals surface area contributed by atoms with Crippen molar-refractivity contribution in [2.45, 2.75) is 25.3 Å². The zero-order chi connectivity index (χ0) is 24.1. The molecule has 2 fully saturated rings. The number of hydrogen-bond donors (Lipinski definition) is 1. The lowest BCUT2D eigenvalue weighted by Crippen LogP contribution is -2.38. The molecule has 34 heavy (non-hydrogen) atoms. The van der Waals surface area contributed by atoms with Crippen molar-refractivity contribution in [3.05, 3.63) is 70.6 Å². The maximum atomic E-state index is 13.1. The van der Waals surface area contributed by atoms with Crippen LogP contribution in [0.2, 0.25) is 0 Å². The van der Waals surface area contributed by atoms with Gasteiger partial charge in [0.25, 0.3) is 11.8 Å². The van der Waals surface area contributed by atoms with Crippen LogP contribution >= 0.6 is 24.0 Å². The zero-order valence-corrected chi connectivity index (χ0v) is 20.0. The summed E-state index contributed by atoms with van der Waals surface area (Å²) in [5.41, 5.74) is 1.22. The number of thioether (sulfide) groups is 1. The Labute approximate surface area is 207 Å². The summed E-state index contributed by atoms with van der Waals surface area (Å²) >= 11 is 6.42. The molecular formula is C25H24N2O5S2. The van der Waals surface area contributed by atoms with E-state index in [9.17, 15) is 19.5 Å². The molecule has 0 saturated carbocycles. The van der Waals surface area contributed by atoms with Gasteiger partial charge in [0.15, 0.2) is 12.6 Å². The van der Waals surface area contributed by atoms with Crippen LogP contribution in [-0.4, -0.2) is 56.7 Å². The summed E-state index contributed by atoms with van der Waals surface area (Å²) < 4.78 is 5.83. The third kappa shape index (κ3) is 5.48. The van der Waals surface area contributed by atoms with Gasteiger partial charge in [0.2, 0.25) is 0 Å². The lowest BCUT2D eigenvalue weighted by atomic mass is 10.1. The highest BCUT2D eigenvalue weighted by molar-refractivity contribution is 8.26. The van der Waals surface area contributed by atoms with Crippen LogP contribution < -0.4 is 4.74 Å². The van der Waals surface area contributed by atoms with Crippen molar-refractivity contribution in [3.8, 4) is 5.75 Å². The van der Waals surface area contributed by atoms with Crippen LogP contribution in [0, 0.1) is 0 Å². The van der Waals surface area contributed by atoms with E-state index in [1.165, 1.54) is 0 Å². The first-order chi connectivity index (χ1) is 16.4. The molecule has 2 heterocycles. The van der Waals surface area contributed by atoms with Gasteiger partial charge in [-0.1, -0.05) is 66.4 Å². The minimum Gasteiger partial charge on any atom is -0.484 e. The number of amides is 2. The molecule has 2 aliphatic heterocycles. The van der Waals surface area contributed by atoms with Gasteiger partial charge in [-0.25, -0.2) is 4.79 Å². The molecule has 1 atom stereocenters. The van der Waals surface area contributed by atoms with Gasteiger partial charge >= 0.3 is 5.97 Å². The lowest BCUT2D eigenvalue weighted by Gasteiger charge is -2.26. The quantitative estimate of drug-likeness (QED) is 0.456. The number of benzene rings is 2. The van der Waals surface area contributed by atoms with Crippen molar-refractivity contribution >= 4 is 52.2 Å². The SMILES string of the molecule is O=C(O)C(c1ccccc1)N1C(=O)/C(=C\c2ccc(OCC(=O)N3CCCCC3)cc2)SC1=S. The van der Waals surface area contributed by atoms with Crippen LogP contribution in [0.15, 0.2) is 59.5 Å². The molecule has 0 spiro atoms. The number of carbonyl (C=O) groups is 3. The van der Waals surface area contributed by atoms with E-state index in [0.717, 1.165) is 54.6 Å². The molecule has 0 aliphatic carbocycles. The average molecular weight is 497 g/mol. The van der Waals surface area contributed by atoms with E-state index in [2.05, 4.69) is 0 Å². The third-order valence-corrected chi connectivity index (χ3v) is 7.01. The van der Waals surface area contributed by atoms with Crippen molar-refractivity contribution in [1.82, 2.24) is 9.80 Å². The number of likely N-dealkylation sites (tertiary alicyclic amines) is 1. The molecule has 1 N–H and O–H groups in total. The summed E-state index contributed by atoms with van der Waals surface area (Å²) in [5.74, 6) is -1.05. The van der Waals surface area contributed by atoms with Crippen molar-refractivity contribution in [3.63, 3.8) is 0 Å². The molecule has 0 radical (unpaired) electrons. The summed E-state index contributed by atoms with van der Waals surface area (Å²) in [6.07, 6.45) is 4.90. The van der Waals surface area contributed by atoms with Gasteiger partial charge < -0.3 is 14.7 Å². The summed E-state index contributed by atoms with van der Waals surface area (Å²) in [6.45, 7) is 1.56. The Kier molecular flexibility index (Phi) is 7.64. The number of thiocarbonyl (C=S) groups is 1. The fraction of sp³-hybridized carbons (Fsp3) is 0.280. The number of hydrogen-bond acceptors (Lipinski definition) is 6. The highest BCUT2D eigenvalue weighted by Crippen LogP contribution is 2.38. The first-order valence-corrected chi connectivity index (χ1v) is 12.2. The van der Waals surface area contributed by atoms with Crippen molar-refractivity contribution < 1.29 is 24.2 Å². The van der Waals surface area contributed by atoms with E-state index in [4.69, 9.17) is 17.0 Å². The van der Waals surface area contributed by atoms with E-state index in [-0.39, 0.29) is 16.8 Å². The number of ether oxygens (including phenoxy) is 1. The number of rotatable bonds is 7. The van der Waals surface area contributed by atoms with Gasteiger partial charge in [0.05, 0.1) is 4.91 Å². The van der Waals surface area contributed by atoms with Crippen LogP contribution in [0.1, 0.15) is 36.4 Å². The molecule has 2 amide bonds. The second kappa shape index (κ2) is 10.8. The number of aliphatic carboxylic acids is 1. The van der Waals surface area contributed by atoms with Crippen LogP contribution in [0.3, 0.4) is 0 Å². The Balaban J connectivity index is 1.42. The molecule has 2 aromatic rings. The Hall–Kier alpha value is -3.17. The molecule has 2 aliphatic rings. The molecule has 1 unspecified atom stereocenters. The van der Waals surface area contributed by atoms with Gasteiger partial charge in [-0.2, -0.15) is 0 Å². The van der Waals surface area contributed by atoms with Crippen LogP contribution in [0.5, 0.6) is 5.75 Å². The highest BCUT2D eigenvalue weighted by atomic mass is 32.2. The van der Waals surface area contributed by atoms with Crippen LogP contribution in [-0.2, 0) is 14.4 Å². The Morgan fingerprint density at radius 1 is 1.06 bits per heavy atom. The predicted molar refractivity (Wildman–Crippen MR) is 134 cm³/mol. The molecule has 9 heteroatoms. The normalized spacial score (nSPS) is 18.3. The smallest absolute Gasteiger partial charge is 0.331 e. The number of nitrogens with zero attached hydrogens (tertiary/aromatic N) is 2. The molecule has 176 valence electrons. The zero-order valence-electron chi connectivity index (χ0n) is 18.4. The summed E-state index contributed by atoms with van der Waals surface area (Å²) in [5, 5.41) is 9.78. The Bertz CT molecular complexity index is 1110. The fourth-order valence-corrected chi connectivity index (χ4v) is 5.24. The summed E-state index contributed by atoms with van der Waals surface area (Å²) in [7, 11) is 0. The number of carboxylic acids is 1. The Morgan fingerprint density at radius 2 is 1.74 bits per heavy atom. The number of carboxylic acid groups (broad SMARTS) is 1. The molecule has 7 nitrogen and oxygen atoms in total. The van der Waals surface area contributed by atoms with E-state index in [0.29, 0.717) is 16.2 Å². The second-order valence-electron chi connectivity index (χ2n) is 8.00. The fourth-order valence-electron chi connectivity index (χ4n) is 3.93. The second-order valence-corrected chi connectivity index (χ2v) is 9.68. The molecule has 4 rings (SSSR count). The van der Waals surface area contributed by atoms with Crippen LogP contribution in [0.4, 0.5) is 0 Å². The van der Waals surface area contributed by atoms with Gasteiger partial charge in [0, 0.05) is 13.1 Å². The summed E-state index contributed by atoms with van der Waals surface area (Å²) in [6, 6.07) is 14.4. The molecule has 0 aromatic heterocycles. The minimum atomic E-state index is -1.19. The van der Waals surface area contributed by atoms with Gasteiger partial charge in [-0.15, -0.1) is 0 Å². The molecule has 2 aromatic carbocycles. The molecule has 2 saturated heterocycles. The number of piperidine rings is 1. The maximum Gasteiger partial charge on any atom is 0.331 e.